The summed E-state index contributed by atoms with van der Waals surface area (Å²) in [6.45, 7) is 1.59. The molecule has 1 aromatic carbocycles. The average molecular weight is 383 g/mol. The van der Waals surface area contributed by atoms with Gasteiger partial charge in [0.15, 0.2) is 0 Å². The van der Waals surface area contributed by atoms with Crippen molar-refractivity contribution in [1.29, 1.82) is 0 Å². The summed E-state index contributed by atoms with van der Waals surface area (Å²) in [6, 6.07) is 8.81. The predicted octanol–water partition coefficient (Wildman–Crippen LogP) is 3.46. The minimum absolute atomic E-state index is 0. The number of aryl methyl sites for hydroxylation is 1. The fourth-order valence-electron chi connectivity index (χ4n) is 3.31. The third kappa shape index (κ3) is 4.54. The van der Waals surface area contributed by atoms with Crippen molar-refractivity contribution >= 4 is 30.6 Å². The summed E-state index contributed by atoms with van der Waals surface area (Å²) in [7, 11) is 0. The van der Waals surface area contributed by atoms with Gasteiger partial charge in [-0.05, 0) is 42.9 Å². The maximum absolute atomic E-state index is 5.87. The van der Waals surface area contributed by atoms with Crippen LogP contribution in [-0.2, 0) is 13.0 Å². The summed E-state index contributed by atoms with van der Waals surface area (Å²) in [5, 5.41) is 3.40. The quantitative estimate of drug-likeness (QED) is 0.846. The summed E-state index contributed by atoms with van der Waals surface area (Å²) in [6.07, 6.45) is 5.90. The highest BCUT2D eigenvalue weighted by molar-refractivity contribution is 5.85. The van der Waals surface area contributed by atoms with Crippen molar-refractivity contribution in [3.8, 4) is 5.75 Å². The lowest BCUT2D eigenvalue weighted by atomic mass is 9.79. The zero-order valence-electron chi connectivity index (χ0n) is 14.0. The average Bonchev–Trinajstić information content (AvgIpc) is 2.57. The van der Waals surface area contributed by atoms with Crippen LogP contribution in [0.15, 0.2) is 30.6 Å². The van der Waals surface area contributed by atoms with Gasteiger partial charge in [-0.2, -0.15) is 0 Å². The molecule has 2 aliphatic rings. The van der Waals surface area contributed by atoms with E-state index < -0.39 is 0 Å². The number of aromatic nitrogens is 2. The van der Waals surface area contributed by atoms with E-state index in [0.717, 1.165) is 56.1 Å². The summed E-state index contributed by atoms with van der Waals surface area (Å²) < 4.78 is 5.66. The zero-order valence-corrected chi connectivity index (χ0v) is 15.6. The lowest BCUT2D eigenvalue weighted by Gasteiger charge is -2.31. The lowest BCUT2D eigenvalue weighted by Crippen LogP contribution is -2.35. The lowest BCUT2D eigenvalue weighted by molar-refractivity contribution is 0.288. The standard InChI is InChI=1S/C18H22N4O.2ClH/c19-15-7-14(8-15)16-9-18(22-11-21-16)20-10-12-3-4-17-13(6-12)2-1-5-23-17;;/h3-4,6,9,11,14-15H,1-2,5,7-8,10,19H2,(H,20,21,22);2*1H. The molecule has 5 nitrogen and oxygen atoms in total. The molecule has 0 radical (unpaired) electrons. The smallest absolute Gasteiger partial charge is 0.129 e. The highest BCUT2D eigenvalue weighted by Crippen LogP contribution is 2.34. The Hall–Kier alpha value is -1.56. The number of hydrogen-bond donors (Lipinski definition) is 2. The van der Waals surface area contributed by atoms with Crippen LogP contribution in [0.4, 0.5) is 5.82 Å². The van der Waals surface area contributed by atoms with Crippen LogP contribution in [0, 0.1) is 0 Å². The van der Waals surface area contributed by atoms with Crippen LogP contribution in [0.5, 0.6) is 5.75 Å². The Morgan fingerprint density at radius 1 is 1.16 bits per heavy atom. The molecule has 0 spiro atoms. The maximum Gasteiger partial charge on any atom is 0.129 e. The van der Waals surface area contributed by atoms with E-state index in [1.54, 1.807) is 6.33 Å². The minimum Gasteiger partial charge on any atom is -0.493 e. The fraction of sp³-hybridized carbons (Fsp3) is 0.444. The van der Waals surface area contributed by atoms with E-state index in [-0.39, 0.29) is 24.8 Å². The van der Waals surface area contributed by atoms with Crippen molar-refractivity contribution in [2.75, 3.05) is 11.9 Å². The summed E-state index contributed by atoms with van der Waals surface area (Å²) in [5.74, 6) is 2.41. The van der Waals surface area contributed by atoms with Crippen molar-refractivity contribution in [3.05, 3.63) is 47.4 Å². The van der Waals surface area contributed by atoms with Crippen LogP contribution < -0.4 is 15.8 Å². The molecule has 0 unspecified atom stereocenters. The van der Waals surface area contributed by atoms with E-state index in [4.69, 9.17) is 10.5 Å². The molecule has 1 aliphatic carbocycles. The van der Waals surface area contributed by atoms with Gasteiger partial charge in [0.2, 0.25) is 0 Å². The maximum atomic E-state index is 5.87. The first-order valence-corrected chi connectivity index (χ1v) is 8.34. The molecule has 1 aromatic heterocycles. The number of fused-ring (bicyclic) bond motifs is 1. The van der Waals surface area contributed by atoms with E-state index in [9.17, 15) is 0 Å². The van der Waals surface area contributed by atoms with Crippen molar-refractivity contribution in [2.45, 2.75) is 44.2 Å². The first-order chi connectivity index (χ1) is 11.3. The second-order valence-corrected chi connectivity index (χ2v) is 6.50. The molecule has 4 rings (SSSR count). The van der Waals surface area contributed by atoms with Crippen molar-refractivity contribution in [1.82, 2.24) is 9.97 Å². The third-order valence-electron chi connectivity index (χ3n) is 4.73. The Morgan fingerprint density at radius 3 is 2.80 bits per heavy atom. The minimum atomic E-state index is 0. The van der Waals surface area contributed by atoms with Crippen LogP contribution in [0.2, 0.25) is 0 Å². The van der Waals surface area contributed by atoms with Crippen LogP contribution in [0.3, 0.4) is 0 Å². The Kier molecular flexibility index (Phi) is 6.87. The van der Waals surface area contributed by atoms with Crippen LogP contribution in [0.25, 0.3) is 0 Å². The first kappa shape index (κ1) is 19.8. The number of nitrogens with two attached hydrogens (primary N) is 1. The Morgan fingerprint density at radius 2 is 2.00 bits per heavy atom. The number of nitrogens with zero attached hydrogens (tertiary/aromatic N) is 2. The molecule has 0 amide bonds. The SMILES string of the molecule is Cl.Cl.NC1CC(c2cc(NCc3ccc4c(c3)CCCO4)ncn2)C1. The Bertz CT molecular complexity index is 707. The zero-order chi connectivity index (χ0) is 15.6. The summed E-state index contributed by atoms with van der Waals surface area (Å²) in [4.78, 5) is 8.71. The van der Waals surface area contributed by atoms with Gasteiger partial charge in [0, 0.05) is 30.3 Å². The van der Waals surface area contributed by atoms with Crippen LogP contribution in [-0.4, -0.2) is 22.6 Å². The van der Waals surface area contributed by atoms with Crippen LogP contribution >= 0.6 is 24.8 Å². The molecule has 7 heteroatoms. The third-order valence-corrected chi connectivity index (χ3v) is 4.73. The molecular formula is C18H24Cl2N4O. The first-order valence-electron chi connectivity index (χ1n) is 8.34. The Labute approximate surface area is 160 Å². The largest absolute Gasteiger partial charge is 0.493 e. The molecule has 25 heavy (non-hydrogen) atoms. The van der Waals surface area contributed by atoms with Gasteiger partial charge in [0.25, 0.3) is 0 Å². The van der Waals surface area contributed by atoms with Gasteiger partial charge >= 0.3 is 0 Å². The van der Waals surface area contributed by atoms with Crippen molar-refractivity contribution < 1.29 is 4.74 Å². The van der Waals surface area contributed by atoms with Crippen LogP contribution in [0.1, 0.15) is 42.0 Å². The highest BCUT2D eigenvalue weighted by atomic mass is 35.5. The monoisotopic (exact) mass is 382 g/mol. The molecule has 0 saturated heterocycles. The normalized spacial score (nSPS) is 20.8. The second kappa shape index (κ2) is 8.70. The number of halogens is 2. The fourth-order valence-corrected chi connectivity index (χ4v) is 3.31. The molecule has 2 heterocycles. The number of rotatable bonds is 4. The highest BCUT2D eigenvalue weighted by Gasteiger charge is 2.28. The molecule has 0 bridgehead atoms. The van der Waals surface area contributed by atoms with Gasteiger partial charge in [-0.25, -0.2) is 9.97 Å². The molecule has 1 fully saturated rings. The molecule has 3 N–H and O–H groups in total. The van der Waals surface area contributed by atoms with E-state index in [0.29, 0.717) is 12.0 Å². The van der Waals surface area contributed by atoms with Gasteiger partial charge in [-0.15, -0.1) is 24.8 Å². The van der Waals surface area contributed by atoms with Gasteiger partial charge in [-0.1, -0.05) is 12.1 Å². The van der Waals surface area contributed by atoms with Gasteiger partial charge < -0.3 is 15.8 Å². The van der Waals surface area contributed by atoms with E-state index in [1.807, 2.05) is 0 Å². The Balaban J connectivity index is 0.00000113. The number of benzene rings is 1. The summed E-state index contributed by atoms with van der Waals surface area (Å²) >= 11 is 0. The van der Waals surface area contributed by atoms with Crippen molar-refractivity contribution in [3.63, 3.8) is 0 Å². The molecule has 1 aliphatic heterocycles. The second-order valence-electron chi connectivity index (χ2n) is 6.50. The predicted molar refractivity (Wildman–Crippen MR) is 104 cm³/mol. The summed E-state index contributed by atoms with van der Waals surface area (Å²) in [5.41, 5.74) is 9.52. The van der Waals surface area contributed by atoms with E-state index in [2.05, 4.69) is 39.6 Å². The van der Waals surface area contributed by atoms with E-state index >= 15 is 0 Å². The molecular weight excluding hydrogens is 359 g/mol. The van der Waals surface area contributed by atoms with Crippen molar-refractivity contribution in [2.24, 2.45) is 5.73 Å². The number of anilines is 1. The molecule has 136 valence electrons. The van der Waals surface area contributed by atoms with E-state index in [1.165, 1.54) is 11.1 Å². The molecule has 0 atom stereocenters. The molecule has 2 aromatic rings. The van der Waals surface area contributed by atoms with Gasteiger partial charge in [0.05, 0.1) is 6.61 Å². The number of ether oxygens (including phenoxy) is 1. The topological polar surface area (TPSA) is 73.1 Å². The van der Waals surface area contributed by atoms with Gasteiger partial charge in [-0.3, -0.25) is 0 Å². The number of nitrogens with one attached hydrogen (secondary N) is 1. The number of hydrogen-bond acceptors (Lipinski definition) is 5. The molecule has 1 saturated carbocycles. The van der Waals surface area contributed by atoms with Gasteiger partial charge in [0.1, 0.15) is 17.9 Å².